The summed E-state index contributed by atoms with van der Waals surface area (Å²) in [5.74, 6) is -0.762. The second-order valence-electron chi connectivity index (χ2n) is 8.61. The normalized spacial score (nSPS) is 13.3. The minimum Gasteiger partial charge on any atom is -0.352 e. The molecule has 3 N–H and O–H groups in total. The Balaban J connectivity index is 0.00000456. The maximum atomic E-state index is 12.7. The van der Waals surface area contributed by atoms with E-state index in [0.29, 0.717) is 38.8 Å². The van der Waals surface area contributed by atoms with Gasteiger partial charge in [0, 0.05) is 44.4 Å². The van der Waals surface area contributed by atoms with Crippen molar-refractivity contribution in [3.8, 4) is 0 Å². The molecule has 0 aliphatic carbocycles. The number of rotatable bonds is 12. The zero-order valence-corrected chi connectivity index (χ0v) is 21.2. The minimum absolute atomic E-state index is 0. The number of hydrogen-bond acceptors (Lipinski definition) is 5. The molecule has 8 nitrogen and oxygen atoms in total. The van der Waals surface area contributed by atoms with Crippen molar-refractivity contribution in [2.24, 2.45) is 5.73 Å². The number of imide groups is 1. The van der Waals surface area contributed by atoms with Crippen LogP contribution in [0.4, 0.5) is 5.69 Å². The molecule has 2 aromatic rings. The fraction of sp³-hybridized carbons (Fsp3) is 0.333. The van der Waals surface area contributed by atoms with Crippen LogP contribution in [0.25, 0.3) is 0 Å². The molecule has 3 rings (SSSR count). The molecule has 0 bridgehead atoms. The molecular weight excluding hydrogens is 480 g/mol. The number of amides is 4. The summed E-state index contributed by atoms with van der Waals surface area (Å²) < 4.78 is 0. The van der Waals surface area contributed by atoms with Crippen molar-refractivity contribution in [3.05, 3.63) is 77.9 Å². The lowest BCUT2D eigenvalue weighted by molar-refractivity contribution is -0.137. The summed E-state index contributed by atoms with van der Waals surface area (Å²) in [6, 6.07) is 16.5. The number of hydrogen-bond donors (Lipinski definition) is 2. The van der Waals surface area contributed by atoms with Crippen molar-refractivity contribution in [1.82, 2.24) is 10.2 Å². The maximum absolute atomic E-state index is 12.7. The van der Waals surface area contributed by atoms with Gasteiger partial charge in [-0.05, 0) is 42.5 Å². The van der Waals surface area contributed by atoms with Crippen LogP contribution >= 0.6 is 12.4 Å². The molecule has 0 saturated heterocycles. The standard InChI is InChI=1S/C27H32N4O4.ClH/c1-30(27(35)23(28)18-20-8-4-2-5-9-20)22-13-11-21(12-14-22)19-29-24(32)10-6-3-7-17-31-25(33)15-16-26(31)34;/h2,4-5,8-9,11-16,23H,3,6-7,10,17-19,28H2,1H3,(H,29,32);1H/t23-;/m0./s1. The topological polar surface area (TPSA) is 113 Å². The van der Waals surface area contributed by atoms with Crippen LogP contribution in [0, 0.1) is 0 Å². The van der Waals surface area contributed by atoms with Crippen molar-refractivity contribution in [2.45, 2.75) is 44.7 Å². The van der Waals surface area contributed by atoms with Gasteiger partial charge in [-0.3, -0.25) is 24.1 Å². The lowest BCUT2D eigenvalue weighted by Crippen LogP contribution is -2.43. The number of anilines is 1. The Morgan fingerprint density at radius 3 is 2.19 bits per heavy atom. The van der Waals surface area contributed by atoms with E-state index in [1.165, 1.54) is 17.1 Å². The molecule has 2 aromatic carbocycles. The average molecular weight is 513 g/mol. The first-order chi connectivity index (χ1) is 16.8. The van der Waals surface area contributed by atoms with E-state index in [2.05, 4.69) is 5.32 Å². The first-order valence-electron chi connectivity index (χ1n) is 11.8. The third-order valence-corrected chi connectivity index (χ3v) is 5.95. The van der Waals surface area contributed by atoms with Crippen LogP contribution in [0.5, 0.6) is 0 Å². The highest BCUT2D eigenvalue weighted by Gasteiger charge is 2.22. The largest absolute Gasteiger partial charge is 0.352 e. The van der Waals surface area contributed by atoms with Crippen molar-refractivity contribution in [2.75, 3.05) is 18.5 Å². The van der Waals surface area contributed by atoms with E-state index in [1.54, 1.807) is 11.9 Å². The van der Waals surface area contributed by atoms with Gasteiger partial charge in [-0.2, -0.15) is 0 Å². The molecule has 1 atom stereocenters. The van der Waals surface area contributed by atoms with Gasteiger partial charge in [0.15, 0.2) is 0 Å². The van der Waals surface area contributed by atoms with Gasteiger partial charge in [0.2, 0.25) is 11.8 Å². The van der Waals surface area contributed by atoms with Crippen LogP contribution in [0.1, 0.15) is 36.8 Å². The molecule has 0 saturated carbocycles. The van der Waals surface area contributed by atoms with Crippen LogP contribution in [0.2, 0.25) is 0 Å². The molecule has 1 heterocycles. The zero-order valence-electron chi connectivity index (χ0n) is 20.4. The van der Waals surface area contributed by atoms with Gasteiger partial charge in [-0.15, -0.1) is 12.4 Å². The number of carbonyl (C=O) groups excluding carboxylic acids is 4. The molecule has 36 heavy (non-hydrogen) atoms. The predicted molar refractivity (Wildman–Crippen MR) is 141 cm³/mol. The Labute approximate surface area is 217 Å². The summed E-state index contributed by atoms with van der Waals surface area (Å²) in [6.45, 7) is 0.777. The van der Waals surface area contributed by atoms with Crippen LogP contribution in [-0.2, 0) is 32.1 Å². The van der Waals surface area contributed by atoms with Crippen molar-refractivity contribution < 1.29 is 19.2 Å². The van der Waals surface area contributed by atoms with Crippen LogP contribution in [0.3, 0.4) is 0 Å². The first-order valence-corrected chi connectivity index (χ1v) is 11.8. The molecule has 1 aliphatic rings. The summed E-state index contributed by atoms with van der Waals surface area (Å²) in [5.41, 5.74) is 8.80. The monoisotopic (exact) mass is 512 g/mol. The summed E-state index contributed by atoms with van der Waals surface area (Å²) in [4.78, 5) is 50.6. The fourth-order valence-corrected chi connectivity index (χ4v) is 3.84. The summed E-state index contributed by atoms with van der Waals surface area (Å²) in [5, 5.41) is 2.89. The van der Waals surface area contributed by atoms with Crippen LogP contribution < -0.4 is 16.0 Å². The zero-order chi connectivity index (χ0) is 25.2. The highest BCUT2D eigenvalue weighted by Crippen LogP contribution is 2.16. The lowest BCUT2D eigenvalue weighted by atomic mass is 10.1. The van der Waals surface area contributed by atoms with Gasteiger partial charge >= 0.3 is 0 Å². The Morgan fingerprint density at radius 1 is 0.917 bits per heavy atom. The summed E-state index contributed by atoms with van der Waals surface area (Å²) in [7, 11) is 1.70. The number of nitrogens with zero attached hydrogens (tertiary/aromatic N) is 2. The Bertz CT molecular complexity index is 1050. The smallest absolute Gasteiger partial charge is 0.253 e. The molecule has 0 spiro atoms. The average Bonchev–Trinajstić information content (AvgIpc) is 3.19. The third kappa shape index (κ3) is 8.32. The maximum Gasteiger partial charge on any atom is 0.253 e. The Kier molecular flexibility index (Phi) is 11.3. The van der Waals surface area contributed by atoms with E-state index < -0.39 is 6.04 Å². The van der Waals surface area contributed by atoms with E-state index in [4.69, 9.17) is 5.73 Å². The van der Waals surface area contributed by atoms with E-state index in [0.717, 1.165) is 23.2 Å². The number of benzene rings is 2. The van der Waals surface area contributed by atoms with Crippen molar-refractivity contribution in [1.29, 1.82) is 0 Å². The highest BCUT2D eigenvalue weighted by atomic mass is 35.5. The Hall–Kier alpha value is -3.49. The minimum atomic E-state index is -0.630. The number of nitrogens with two attached hydrogens (primary N) is 1. The summed E-state index contributed by atoms with van der Waals surface area (Å²) >= 11 is 0. The van der Waals surface area contributed by atoms with Crippen molar-refractivity contribution >= 4 is 41.7 Å². The van der Waals surface area contributed by atoms with E-state index in [-0.39, 0.29) is 36.0 Å². The number of unbranched alkanes of at least 4 members (excludes halogenated alkanes) is 2. The first kappa shape index (κ1) is 28.7. The van der Waals surface area contributed by atoms with Crippen molar-refractivity contribution in [3.63, 3.8) is 0 Å². The third-order valence-electron chi connectivity index (χ3n) is 5.95. The van der Waals surface area contributed by atoms with E-state index in [9.17, 15) is 19.2 Å². The van der Waals surface area contributed by atoms with Crippen LogP contribution in [-0.4, -0.2) is 48.2 Å². The number of halogens is 1. The molecule has 0 aromatic heterocycles. The lowest BCUT2D eigenvalue weighted by Gasteiger charge is -2.22. The second kappa shape index (κ2) is 14.2. The van der Waals surface area contributed by atoms with E-state index in [1.807, 2.05) is 54.6 Å². The van der Waals surface area contributed by atoms with Gasteiger partial charge < -0.3 is 16.0 Å². The van der Waals surface area contributed by atoms with Gasteiger partial charge in [0.25, 0.3) is 11.8 Å². The number of likely N-dealkylation sites (N-methyl/N-ethyl adjacent to an activating group) is 1. The quantitative estimate of drug-likeness (QED) is 0.335. The predicted octanol–water partition coefficient (Wildman–Crippen LogP) is 2.74. The van der Waals surface area contributed by atoms with Crippen LogP contribution in [0.15, 0.2) is 66.7 Å². The number of nitrogens with one attached hydrogen (secondary N) is 1. The SMILES string of the molecule is CN(C(=O)[C@@H](N)Cc1ccccc1)c1ccc(CNC(=O)CCCCCN2C(=O)C=CC2=O)cc1.Cl. The molecule has 1 aliphatic heterocycles. The van der Waals surface area contributed by atoms with Gasteiger partial charge in [-0.25, -0.2) is 0 Å². The van der Waals surface area contributed by atoms with E-state index >= 15 is 0 Å². The highest BCUT2D eigenvalue weighted by molar-refractivity contribution is 6.12. The molecule has 0 fully saturated rings. The fourth-order valence-electron chi connectivity index (χ4n) is 3.84. The molecule has 4 amide bonds. The molecule has 9 heteroatoms. The van der Waals surface area contributed by atoms with Gasteiger partial charge in [0.05, 0.1) is 6.04 Å². The molecule has 0 radical (unpaired) electrons. The number of carbonyl (C=O) groups is 4. The molecular formula is C27H33ClN4O4. The Morgan fingerprint density at radius 2 is 1.56 bits per heavy atom. The summed E-state index contributed by atoms with van der Waals surface area (Å²) in [6.07, 6.45) is 5.53. The molecule has 192 valence electrons. The second-order valence-corrected chi connectivity index (χ2v) is 8.61. The van der Waals surface area contributed by atoms with Gasteiger partial charge in [-0.1, -0.05) is 48.9 Å². The molecule has 0 unspecified atom stereocenters. The van der Waals surface area contributed by atoms with Gasteiger partial charge in [0.1, 0.15) is 0 Å².